The lowest BCUT2D eigenvalue weighted by Crippen LogP contribution is -2.52. The third-order valence-corrected chi connectivity index (χ3v) is 3.89. The lowest BCUT2D eigenvalue weighted by molar-refractivity contribution is -0.138. The second-order valence-electron chi connectivity index (χ2n) is 6.99. The maximum Gasteiger partial charge on any atom is 0.322 e. The van der Waals surface area contributed by atoms with Crippen molar-refractivity contribution >= 4 is 53.2 Å². The normalized spacial score (nSPS) is 10.6. The summed E-state index contributed by atoms with van der Waals surface area (Å²) in [4.78, 5) is 103. The number of amides is 8. The van der Waals surface area contributed by atoms with Gasteiger partial charge in [-0.25, -0.2) is 0 Å². The zero-order valence-electron chi connectivity index (χ0n) is 19.5. The number of carbonyl (C=O) groups excluding carboxylic acids is 8. The molecular formula is C18H29N9O10. The summed E-state index contributed by atoms with van der Waals surface area (Å²) >= 11 is 0. The second-order valence-corrected chi connectivity index (χ2v) is 6.99. The second kappa shape index (κ2) is 17.6. The van der Waals surface area contributed by atoms with Gasteiger partial charge in [0.15, 0.2) is 0 Å². The molecule has 0 aliphatic carbocycles. The summed E-state index contributed by atoms with van der Waals surface area (Å²) in [6, 6.07) is -1.47. The Labute approximate surface area is 209 Å². The first-order chi connectivity index (χ1) is 17.3. The van der Waals surface area contributed by atoms with Crippen molar-refractivity contribution in [3.63, 3.8) is 0 Å². The average molecular weight is 531 g/mol. The summed E-state index contributed by atoms with van der Waals surface area (Å²) in [6.45, 7) is -3.70. The Bertz CT molecular complexity index is 908. The molecule has 0 aliphatic rings. The number of primary amides is 1. The van der Waals surface area contributed by atoms with Gasteiger partial charge in [0.25, 0.3) is 0 Å². The van der Waals surface area contributed by atoms with E-state index in [9.17, 15) is 43.2 Å². The zero-order chi connectivity index (χ0) is 28.4. The number of nitrogens with two attached hydrogens (primary N) is 2. The molecule has 0 rings (SSSR count). The van der Waals surface area contributed by atoms with Gasteiger partial charge in [-0.1, -0.05) is 0 Å². The molecule has 0 saturated heterocycles. The van der Waals surface area contributed by atoms with Gasteiger partial charge in [-0.15, -0.1) is 0 Å². The lowest BCUT2D eigenvalue weighted by atomic mass is 10.2. The van der Waals surface area contributed by atoms with E-state index < -0.39 is 98.4 Å². The summed E-state index contributed by atoms with van der Waals surface area (Å²) in [5, 5.41) is 23.5. The quantitative estimate of drug-likeness (QED) is 0.0840. The van der Waals surface area contributed by atoms with E-state index >= 15 is 0 Å². The zero-order valence-corrected chi connectivity index (χ0v) is 19.5. The molecule has 0 aliphatic heterocycles. The first kappa shape index (κ1) is 32.2. The Morgan fingerprint density at radius 1 is 0.568 bits per heavy atom. The molecular weight excluding hydrogens is 502 g/mol. The predicted octanol–water partition coefficient (Wildman–Crippen LogP) is -7.91. The van der Waals surface area contributed by atoms with Crippen LogP contribution in [-0.4, -0.2) is 110 Å². The molecule has 0 saturated carbocycles. The maximum atomic E-state index is 11.9. The Balaban J connectivity index is 4.26. The predicted molar refractivity (Wildman–Crippen MR) is 120 cm³/mol. The van der Waals surface area contributed by atoms with E-state index in [0.29, 0.717) is 0 Å². The van der Waals surface area contributed by atoms with Gasteiger partial charge in [0, 0.05) is 0 Å². The third-order valence-electron chi connectivity index (χ3n) is 3.89. The summed E-state index contributed by atoms with van der Waals surface area (Å²) in [6.07, 6.45) is -0.624. The number of aliphatic carboxylic acids is 1. The van der Waals surface area contributed by atoms with Crippen LogP contribution < -0.4 is 48.7 Å². The van der Waals surface area contributed by atoms with Gasteiger partial charge in [-0.05, 0) is 0 Å². The van der Waals surface area contributed by atoms with Gasteiger partial charge in [-0.3, -0.25) is 43.2 Å². The highest BCUT2D eigenvalue weighted by atomic mass is 16.4. The van der Waals surface area contributed by atoms with Crippen LogP contribution in [0.25, 0.3) is 0 Å². The Morgan fingerprint density at radius 3 is 1.30 bits per heavy atom. The summed E-state index contributed by atoms with van der Waals surface area (Å²) in [5.41, 5.74) is 10.0. The largest absolute Gasteiger partial charge is 0.480 e. The molecule has 19 nitrogen and oxygen atoms in total. The van der Waals surface area contributed by atoms with E-state index in [2.05, 4.69) is 31.9 Å². The van der Waals surface area contributed by atoms with Crippen molar-refractivity contribution in [2.45, 2.75) is 12.5 Å². The summed E-state index contributed by atoms with van der Waals surface area (Å²) in [5.74, 6) is -7.74. The van der Waals surface area contributed by atoms with E-state index in [-0.39, 0.29) is 13.1 Å². The fourth-order valence-electron chi connectivity index (χ4n) is 2.16. The van der Waals surface area contributed by atoms with E-state index in [0.717, 1.165) is 0 Å². The fraction of sp³-hybridized carbons (Fsp3) is 0.500. The molecule has 1 atom stereocenters. The molecule has 0 bridgehead atoms. The minimum atomic E-state index is -1.47. The highest BCUT2D eigenvalue weighted by Gasteiger charge is 2.23. The van der Waals surface area contributed by atoms with E-state index in [1.807, 2.05) is 5.32 Å². The number of carbonyl (C=O) groups is 9. The van der Waals surface area contributed by atoms with Crippen LogP contribution >= 0.6 is 0 Å². The lowest BCUT2D eigenvalue weighted by Gasteiger charge is -2.16. The van der Waals surface area contributed by atoms with Gasteiger partial charge in [0.2, 0.25) is 47.3 Å². The van der Waals surface area contributed by atoms with Crippen molar-refractivity contribution in [3.05, 3.63) is 0 Å². The average Bonchev–Trinajstić information content (AvgIpc) is 2.84. The van der Waals surface area contributed by atoms with Crippen molar-refractivity contribution in [1.82, 2.24) is 37.2 Å². The molecule has 0 fully saturated rings. The van der Waals surface area contributed by atoms with Crippen LogP contribution in [0.5, 0.6) is 0 Å². The van der Waals surface area contributed by atoms with Crippen LogP contribution in [0.2, 0.25) is 0 Å². The van der Waals surface area contributed by atoms with Gasteiger partial charge < -0.3 is 53.8 Å². The monoisotopic (exact) mass is 531 g/mol. The Kier molecular flexibility index (Phi) is 15.3. The van der Waals surface area contributed by atoms with Crippen LogP contribution in [0.4, 0.5) is 0 Å². The minimum Gasteiger partial charge on any atom is -0.480 e. The molecule has 0 aromatic rings. The Morgan fingerprint density at radius 2 is 0.946 bits per heavy atom. The number of carboxylic acids is 1. The van der Waals surface area contributed by atoms with Crippen LogP contribution in [0.1, 0.15) is 6.42 Å². The van der Waals surface area contributed by atoms with Gasteiger partial charge >= 0.3 is 5.97 Å². The van der Waals surface area contributed by atoms with Gasteiger partial charge in [0.05, 0.1) is 45.7 Å². The number of nitrogens with one attached hydrogen (secondary N) is 7. The van der Waals surface area contributed by atoms with Gasteiger partial charge in [-0.2, -0.15) is 0 Å². The van der Waals surface area contributed by atoms with Gasteiger partial charge in [0.1, 0.15) is 12.6 Å². The van der Waals surface area contributed by atoms with Crippen LogP contribution in [0.15, 0.2) is 0 Å². The third kappa shape index (κ3) is 17.3. The van der Waals surface area contributed by atoms with E-state index in [1.165, 1.54) is 0 Å². The molecule has 12 N–H and O–H groups in total. The molecule has 8 amide bonds. The van der Waals surface area contributed by atoms with Crippen molar-refractivity contribution in [2.75, 3.05) is 45.8 Å². The van der Waals surface area contributed by atoms with Crippen molar-refractivity contribution in [3.8, 4) is 0 Å². The SMILES string of the molecule is NCC(=O)NCC(=O)NCC(=O)NCC(=O)NCC(=O)NCC(=O)N[C@@H](CC(N)=O)C(=O)NCC(=O)O. The highest BCUT2D eigenvalue weighted by molar-refractivity contribution is 5.95. The van der Waals surface area contributed by atoms with Crippen molar-refractivity contribution < 1.29 is 48.3 Å². The first-order valence-electron chi connectivity index (χ1n) is 10.4. The topological polar surface area (TPSA) is 310 Å². The molecule has 19 heteroatoms. The molecule has 0 unspecified atom stereocenters. The molecule has 37 heavy (non-hydrogen) atoms. The smallest absolute Gasteiger partial charge is 0.322 e. The van der Waals surface area contributed by atoms with Crippen molar-refractivity contribution in [1.29, 1.82) is 0 Å². The van der Waals surface area contributed by atoms with Crippen LogP contribution in [0, 0.1) is 0 Å². The standard InChI is InChI=1S/C18H29N9O10/c19-2-11(29)21-3-12(30)22-4-13(31)23-5-14(32)24-6-15(33)25-7-16(34)27-9(1-10(20)28)18(37)26-8-17(35)36/h9H,1-8,19H2,(H2,20,28)(H,21,29)(H,22,30)(H,23,31)(H,24,32)(H,25,33)(H,26,37)(H,27,34)(H,35,36)/t9-/m0/s1. The van der Waals surface area contributed by atoms with E-state index in [4.69, 9.17) is 16.6 Å². The number of carboxylic acid groups (broad SMARTS) is 1. The van der Waals surface area contributed by atoms with Crippen LogP contribution in [0.3, 0.4) is 0 Å². The number of hydrogen-bond donors (Lipinski definition) is 10. The maximum absolute atomic E-state index is 11.9. The minimum absolute atomic E-state index is 0.305. The molecule has 0 aromatic carbocycles. The van der Waals surface area contributed by atoms with Crippen molar-refractivity contribution in [2.24, 2.45) is 11.5 Å². The Hall–Kier alpha value is -4.81. The summed E-state index contributed by atoms with van der Waals surface area (Å²) < 4.78 is 0. The molecule has 0 radical (unpaired) electrons. The van der Waals surface area contributed by atoms with Crippen LogP contribution in [-0.2, 0) is 43.2 Å². The number of rotatable bonds is 17. The highest BCUT2D eigenvalue weighted by Crippen LogP contribution is 1.92. The first-order valence-corrected chi connectivity index (χ1v) is 10.4. The molecule has 206 valence electrons. The fourth-order valence-corrected chi connectivity index (χ4v) is 2.16. The number of hydrogen-bond acceptors (Lipinski definition) is 10. The molecule has 0 aromatic heterocycles. The van der Waals surface area contributed by atoms with E-state index in [1.54, 1.807) is 0 Å². The molecule has 0 spiro atoms. The molecule has 0 heterocycles. The summed E-state index contributed by atoms with van der Waals surface area (Å²) in [7, 11) is 0.